The van der Waals surface area contributed by atoms with Gasteiger partial charge in [0, 0.05) is 23.7 Å². The maximum atomic E-state index is 12.0. The Hall–Kier alpha value is -0.500. The third-order valence-corrected chi connectivity index (χ3v) is 5.16. The zero-order valence-corrected chi connectivity index (χ0v) is 14.8. The van der Waals surface area contributed by atoms with Crippen LogP contribution in [0.5, 0.6) is 0 Å². The normalized spacial score (nSPS) is 16.9. The summed E-state index contributed by atoms with van der Waals surface area (Å²) in [6, 6.07) is 7.83. The number of rotatable bonds is 4. The van der Waals surface area contributed by atoms with Gasteiger partial charge in [-0.3, -0.25) is 0 Å². The van der Waals surface area contributed by atoms with E-state index < -0.39 is 10.1 Å². The van der Waals surface area contributed by atoms with E-state index in [9.17, 15) is 8.42 Å². The topological polar surface area (TPSA) is 43.4 Å². The van der Waals surface area contributed by atoms with Gasteiger partial charge in [0.05, 0.1) is 5.25 Å². The molecule has 3 nitrogen and oxygen atoms in total. The first-order chi connectivity index (χ1) is 9.08. The van der Waals surface area contributed by atoms with Crippen LogP contribution in [-0.4, -0.2) is 37.3 Å². The van der Waals surface area contributed by atoms with Crippen LogP contribution >= 0.6 is 0 Å². The molecular formula is C15H20O3STe. The molecule has 1 fully saturated rings. The van der Waals surface area contributed by atoms with Crippen molar-refractivity contribution < 1.29 is 12.6 Å². The molecule has 1 aliphatic rings. The van der Waals surface area contributed by atoms with Crippen molar-refractivity contribution in [2.75, 3.05) is 0 Å². The Balaban J connectivity index is 0.00000200. The molecule has 0 aliphatic heterocycles. The molecule has 0 unspecified atom stereocenters. The predicted molar refractivity (Wildman–Crippen MR) is 82.8 cm³/mol. The van der Waals surface area contributed by atoms with Crippen molar-refractivity contribution in [1.29, 1.82) is 0 Å². The van der Waals surface area contributed by atoms with Crippen LogP contribution in [0.2, 0.25) is 0 Å². The van der Waals surface area contributed by atoms with Gasteiger partial charge >= 0.3 is 10.1 Å². The van der Waals surface area contributed by atoms with Crippen LogP contribution in [0.3, 0.4) is 0 Å². The summed E-state index contributed by atoms with van der Waals surface area (Å²) in [5.74, 6) is 0. The monoisotopic (exact) mass is 410 g/mol. The summed E-state index contributed by atoms with van der Waals surface area (Å²) in [4.78, 5) is 0. The van der Waals surface area contributed by atoms with E-state index in [0.717, 1.165) is 37.7 Å². The Morgan fingerprint density at radius 3 is 2.30 bits per heavy atom. The third-order valence-electron chi connectivity index (χ3n) is 3.49. The first-order valence-corrected chi connectivity index (χ1v) is 8.20. The minimum absolute atomic E-state index is 0. The summed E-state index contributed by atoms with van der Waals surface area (Å²) in [6.45, 7) is 2.01. The number of hydrogen-bond acceptors (Lipinski definition) is 3. The molecule has 0 N–H and O–H groups in total. The zero-order chi connectivity index (χ0) is 13.7. The molecule has 1 saturated carbocycles. The molecule has 1 aromatic carbocycles. The molecule has 0 aromatic heterocycles. The van der Waals surface area contributed by atoms with Crippen LogP contribution in [0.1, 0.15) is 43.2 Å². The molecule has 0 heterocycles. The van der Waals surface area contributed by atoms with Crippen molar-refractivity contribution in [3.63, 3.8) is 0 Å². The van der Waals surface area contributed by atoms with Crippen LogP contribution in [0, 0.1) is 6.92 Å². The van der Waals surface area contributed by atoms with E-state index in [1.54, 1.807) is 6.08 Å². The molecule has 0 spiro atoms. The van der Waals surface area contributed by atoms with Crippen LogP contribution in [0.25, 0.3) is 6.08 Å². The Morgan fingerprint density at radius 2 is 1.70 bits per heavy atom. The average Bonchev–Trinajstić information content (AvgIpc) is 2.42. The molecule has 1 aliphatic carbocycles. The van der Waals surface area contributed by atoms with E-state index in [0.29, 0.717) is 0 Å². The average molecular weight is 408 g/mol. The third kappa shape index (κ3) is 5.12. The molecule has 110 valence electrons. The standard InChI is InChI=1S/C15H20O3S.Te/c1-13-7-9-14(10-8-13)11-12-18-19(16,17)15-5-3-2-4-6-15;/h7-12,15H,2-6H2,1H3;. The van der Waals surface area contributed by atoms with Crippen molar-refractivity contribution in [2.24, 2.45) is 0 Å². The van der Waals surface area contributed by atoms with Gasteiger partial charge < -0.3 is 4.18 Å². The fraction of sp³-hybridized carbons (Fsp3) is 0.467. The molecule has 5 heteroatoms. The number of hydrogen-bond donors (Lipinski definition) is 0. The van der Waals surface area contributed by atoms with Gasteiger partial charge in [0.15, 0.2) is 0 Å². The van der Waals surface area contributed by atoms with E-state index >= 15 is 0 Å². The molecule has 2 rings (SSSR count). The second-order valence-electron chi connectivity index (χ2n) is 5.06. The van der Waals surface area contributed by atoms with Gasteiger partial charge in [-0.25, -0.2) is 0 Å². The Bertz CT molecular complexity index is 529. The second-order valence-corrected chi connectivity index (χ2v) is 6.91. The fourth-order valence-electron chi connectivity index (χ4n) is 2.29. The van der Waals surface area contributed by atoms with E-state index in [1.807, 2.05) is 31.2 Å². The smallest absolute Gasteiger partial charge is 0.311 e. The minimum atomic E-state index is -3.45. The van der Waals surface area contributed by atoms with Gasteiger partial charge in [0.25, 0.3) is 0 Å². The van der Waals surface area contributed by atoms with Crippen LogP contribution in [0.15, 0.2) is 30.5 Å². The van der Waals surface area contributed by atoms with Crippen LogP contribution in [-0.2, 0) is 14.3 Å². The van der Waals surface area contributed by atoms with E-state index in [2.05, 4.69) is 0 Å². The largest absolute Gasteiger partial charge is 0.390 e. The minimum Gasteiger partial charge on any atom is -0.390 e. The molecule has 0 atom stereocenters. The van der Waals surface area contributed by atoms with Gasteiger partial charge in [0.2, 0.25) is 0 Å². The zero-order valence-electron chi connectivity index (χ0n) is 11.6. The van der Waals surface area contributed by atoms with Crippen molar-refractivity contribution in [3.05, 3.63) is 41.7 Å². The van der Waals surface area contributed by atoms with E-state index in [1.165, 1.54) is 11.8 Å². The summed E-state index contributed by atoms with van der Waals surface area (Å²) in [5.41, 5.74) is 2.11. The molecule has 0 bridgehead atoms. The number of aryl methyl sites for hydroxylation is 1. The summed E-state index contributed by atoms with van der Waals surface area (Å²) >= 11 is 0. The molecule has 20 heavy (non-hydrogen) atoms. The summed E-state index contributed by atoms with van der Waals surface area (Å²) in [5, 5.41) is -0.330. The van der Waals surface area contributed by atoms with E-state index in [4.69, 9.17) is 4.18 Å². The quantitative estimate of drug-likeness (QED) is 0.437. The van der Waals surface area contributed by atoms with Gasteiger partial charge in [-0.05, 0) is 31.4 Å². The van der Waals surface area contributed by atoms with Gasteiger partial charge in [-0.15, -0.1) is 0 Å². The SMILES string of the molecule is Cc1ccc(C=COS(=O)(=O)C2CCCCC2)cc1.[Te]. The maximum Gasteiger partial charge on any atom is 0.311 e. The van der Waals surface area contributed by atoms with Gasteiger partial charge in [-0.1, -0.05) is 49.1 Å². The van der Waals surface area contributed by atoms with E-state index in [-0.39, 0.29) is 28.9 Å². The first kappa shape index (κ1) is 17.6. The van der Waals surface area contributed by atoms with Crippen molar-refractivity contribution in [1.82, 2.24) is 0 Å². The summed E-state index contributed by atoms with van der Waals surface area (Å²) in [7, 11) is -3.45. The second kappa shape index (κ2) is 8.07. The van der Waals surface area contributed by atoms with Crippen LogP contribution in [0.4, 0.5) is 0 Å². The van der Waals surface area contributed by atoms with Crippen molar-refractivity contribution in [3.8, 4) is 0 Å². The molecule has 1 aromatic rings. The maximum absolute atomic E-state index is 12.0. The first-order valence-electron chi connectivity index (χ1n) is 6.73. The molecule has 0 amide bonds. The van der Waals surface area contributed by atoms with Gasteiger partial charge in [0.1, 0.15) is 6.26 Å². The molecule has 0 saturated heterocycles. The fourth-order valence-corrected chi connectivity index (χ4v) is 3.57. The van der Waals surface area contributed by atoms with Gasteiger partial charge in [-0.2, -0.15) is 8.42 Å². The Morgan fingerprint density at radius 1 is 1.10 bits per heavy atom. The Kier molecular flexibility index (Phi) is 7.08. The number of benzene rings is 1. The Labute approximate surface area is 138 Å². The molecular weight excluding hydrogens is 388 g/mol. The van der Waals surface area contributed by atoms with Crippen molar-refractivity contribution >= 4 is 39.9 Å². The van der Waals surface area contributed by atoms with Crippen molar-refractivity contribution in [2.45, 2.75) is 44.3 Å². The predicted octanol–water partition coefficient (Wildman–Crippen LogP) is 3.26. The summed E-state index contributed by atoms with van der Waals surface area (Å²) < 4.78 is 28.9. The molecule has 2 radical (unpaired) electrons. The summed E-state index contributed by atoms with van der Waals surface area (Å²) in [6.07, 6.45) is 7.50. The van der Waals surface area contributed by atoms with Crippen LogP contribution < -0.4 is 0 Å².